The standard InChI is InChI=1S/C45H28BrN5O2/c46-32-23-17-29(18-24-32)43-47-44(30-19-25-33(26-20-30)50-35-9-1-5-13-39(35)52-40-14-6-2-10-36(40)50)49-45(48-43)31-21-27-34(28-22-31)51-37-11-3-7-15-41(37)53-42-16-8-4-12-38(42)51/h1-28H. The normalized spacial score (nSPS) is 12.5. The van der Waals surface area contributed by atoms with Crippen molar-refractivity contribution in [2.24, 2.45) is 0 Å². The van der Waals surface area contributed by atoms with Gasteiger partial charge in [0, 0.05) is 32.5 Å². The van der Waals surface area contributed by atoms with E-state index in [-0.39, 0.29) is 0 Å². The first-order valence-corrected chi connectivity index (χ1v) is 18.0. The number of aromatic nitrogens is 3. The minimum absolute atomic E-state index is 0.586. The lowest BCUT2D eigenvalue weighted by Gasteiger charge is -2.32. The highest BCUT2D eigenvalue weighted by Crippen LogP contribution is 2.51. The van der Waals surface area contributed by atoms with Crippen LogP contribution in [0.25, 0.3) is 34.2 Å². The first kappa shape index (κ1) is 31.0. The van der Waals surface area contributed by atoms with Crippen molar-refractivity contribution in [3.8, 4) is 57.2 Å². The van der Waals surface area contributed by atoms with Crippen molar-refractivity contribution in [2.45, 2.75) is 0 Å². The minimum atomic E-state index is 0.586. The molecule has 53 heavy (non-hydrogen) atoms. The quantitative estimate of drug-likeness (QED) is 0.174. The summed E-state index contributed by atoms with van der Waals surface area (Å²) < 4.78 is 13.5. The van der Waals surface area contributed by atoms with Gasteiger partial charge in [-0.1, -0.05) is 76.6 Å². The predicted molar refractivity (Wildman–Crippen MR) is 213 cm³/mol. The molecule has 0 spiro atoms. The second-order valence-corrected chi connectivity index (χ2v) is 13.6. The SMILES string of the molecule is Brc1ccc(-c2nc(-c3ccc(N4c5ccccc5Oc5ccccc54)cc3)nc(-c3ccc(N4c5ccccc5Oc5ccccc54)cc3)n2)cc1. The summed E-state index contributed by atoms with van der Waals surface area (Å²) in [6.45, 7) is 0. The van der Waals surface area contributed by atoms with Crippen LogP contribution in [-0.2, 0) is 0 Å². The van der Waals surface area contributed by atoms with E-state index in [1.165, 1.54) is 0 Å². The Kier molecular flexibility index (Phi) is 7.47. The lowest BCUT2D eigenvalue weighted by atomic mass is 10.1. The number of ether oxygens (including phenoxy) is 2. The summed E-state index contributed by atoms with van der Waals surface area (Å²) in [5.74, 6) is 5.01. The van der Waals surface area contributed by atoms with Crippen molar-refractivity contribution in [1.29, 1.82) is 0 Å². The van der Waals surface area contributed by atoms with Crippen molar-refractivity contribution < 1.29 is 9.47 Å². The van der Waals surface area contributed by atoms with Crippen LogP contribution in [0.3, 0.4) is 0 Å². The van der Waals surface area contributed by atoms with Gasteiger partial charge in [0.15, 0.2) is 40.5 Å². The molecule has 0 bridgehead atoms. The highest BCUT2D eigenvalue weighted by Gasteiger charge is 2.27. The van der Waals surface area contributed by atoms with Crippen LogP contribution in [0.1, 0.15) is 0 Å². The Bertz CT molecular complexity index is 2400. The summed E-state index contributed by atoms with van der Waals surface area (Å²) in [6.07, 6.45) is 0. The van der Waals surface area contributed by atoms with Crippen LogP contribution >= 0.6 is 15.9 Å². The Morgan fingerprint density at radius 3 is 0.943 bits per heavy atom. The molecule has 2 aliphatic rings. The average Bonchev–Trinajstić information content (AvgIpc) is 3.22. The molecule has 252 valence electrons. The van der Waals surface area contributed by atoms with E-state index < -0.39 is 0 Å². The molecule has 10 rings (SSSR count). The number of halogens is 1. The molecule has 2 aliphatic heterocycles. The summed E-state index contributed by atoms with van der Waals surface area (Å²) in [4.78, 5) is 19.5. The molecule has 8 aromatic rings. The number of hydrogen-bond donors (Lipinski definition) is 0. The van der Waals surface area contributed by atoms with Gasteiger partial charge in [-0.15, -0.1) is 0 Å². The Morgan fingerprint density at radius 1 is 0.340 bits per heavy atom. The van der Waals surface area contributed by atoms with E-state index in [1.54, 1.807) is 0 Å². The van der Waals surface area contributed by atoms with Crippen LogP contribution in [0.15, 0.2) is 174 Å². The van der Waals surface area contributed by atoms with Gasteiger partial charge in [0.05, 0.1) is 22.7 Å². The summed E-state index contributed by atoms with van der Waals surface area (Å²) in [7, 11) is 0. The molecule has 8 heteroatoms. The summed E-state index contributed by atoms with van der Waals surface area (Å²) in [6, 6.07) is 57.0. The molecule has 0 saturated carbocycles. The van der Waals surface area contributed by atoms with Gasteiger partial charge in [-0.25, -0.2) is 15.0 Å². The highest BCUT2D eigenvalue weighted by atomic mass is 79.9. The van der Waals surface area contributed by atoms with E-state index in [4.69, 9.17) is 24.4 Å². The molecular weight excluding hydrogens is 722 g/mol. The topological polar surface area (TPSA) is 63.6 Å². The van der Waals surface area contributed by atoms with Crippen LogP contribution in [0, 0.1) is 0 Å². The minimum Gasteiger partial charge on any atom is -0.453 e. The maximum atomic E-state index is 6.23. The van der Waals surface area contributed by atoms with E-state index >= 15 is 0 Å². The van der Waals surface area contributed by atoms with Gasteiger partial charge in [-0.3, -0.25) is 0 Å². The molecule has 0 aliphatic carbocycles. The number of nitrogens with zero attached hydrogens (tertiary/aromatic N) is 5. The fourth-order valence-electron chi connectivity index (χ4n) is 6.85. The largest absolute Gasteiger partial charge is 0.453 e. The van der Waals surface area contributed by atoms with Crippen molar-refractivity contribution in [1.82, 2.24) is 15.0 Å². The number of rotatable bonds is 5. The second-order valence-electron chi connectivity index (χ2n) is 12.7. The smallest absolute Gasteiger partial charge is 0.164 e. The van der Waals surface area contributed by atoms with E-state index in [1.807, 2.05) is 97.1 Å². The monoisotopic (exact) mass is 749 g/mol. The van der Waals surface area contributed by atoms with Crippen molar-refractivity contribution in [3.05, 3.63) is 174 Å². The Hall–Kier alpha value is -6.77. The summed E-state index contributed by atoms with van der Waals surface area (Å²) in [5.41, 5.74) is 8.57. The number of anilines is 6. The van der Waals surface area contributed by atoms with Gasteiger partial charge in [0.1, 0.15) is 0 Å². The predicted octanol–water partition coefficient (Wildman–Crippen LogP) is 12.8. The number of benzene rings is 7. The average molecular weight is 751 g/mol. The van der Waals surface area contributed by atoms with Gasteiger partial charge in [-0.2, -0.15) is 0 Å². The molecule has 0 fully saturated rings. The summed E-state index contributed by atoms with van der Waals surface area (Å²) >= 11 is 3.56. The molecule has 7 nitrogen and oxygen atoms in total. The molecule has 0 amide bonds. The van der Waals surface area contributed by atoms with Crippen LogP contribution in [0.2, 0.25) is 0 Å². The molecule has 7 aromatic carbocycles. The Labute approximate surface area is 314 Å². The van der Waals surface area contributed by atoms with Gasteiger partial charge in [0.2, 0.25) is 0 Å². The fourth-order valence-corrected chi connectivity index (χ4v) is 7.11. The van der Waals surface area contributed by atoms with E-state index in [9.17, 15) is 0 Å². The molecule has 0 atom stereocenters. The van der Waals surface area contributed by atoms with E-state index in [0.29, 0.717) is 17.5 Å². The molecule has 1 aromatic heterocycles. The number of para-hydroxylation sites is 8. The van der Waals surface area contributed by atoms with Gasteiger partial charge >= 0.3 is 0 Å². The Balaban J connectivity index is 1.04. The zero-order valence-electron chi connectivity index (χ0n) is 28.1. The van der Waals surface area contributed by atoms with Crippen molar-refractivity contribution in [2.75, 3.05) is 9.80 Å². The molecule has 0 saturated heterocycles. The molecule has 3 heterocycles. The highest BCUT2D eigenvalue weighted by molar-refractivity contribution is 9.10. The third-order valence-corrected chi connectivity index (χ3v) is 9.90. The van der Waals surface area contributed by atoms with Crippen molar-refractivity contribution >= 4 is 50.1 Å². The molecule has 0 N–H and O–H groups in total. The maximum Gasteiger partial charge on any atom is 0.164 e. The first-order chi connectivity index (χ1) is 26.2. The fraction of sp³-hybridized carbons (Fsp3) is 0. The van der Waals surface area contributed by atoms with Gasteiger partial charge in [0.25, 0.3) is 0 Å². The van der Waals surface area contributed by atoms with Crippen molar-refractivity contribution in [3.63, 3.8) is 0 Å². The zero-order valence-corrected chi connectivity index (χ0v) is 29.7. The summed E-state index contributed by atoms with van der Waals surface area (Å²) in [5, 5.41) is 0. The zero-order chi connectivity index (χ0) is 35.3. The lowest BCUT2D eigenvalue weighted by molar-refractivity contribution is 0.477. The van der Waals surface area contributed by atoms with Crippen LogP contribution in [0.4, 0.5) is 34.1 Å². The molecule has 0 unspecified atom stereocenters. The Morgan fingerprint density at radius 2 is 0.623 bits per heavy atom. The van der Waals surface area contributed by atoms with E-state index in [0.717, 1.165) is 78.3 Å². The van der Waals surface area contributed by atoms with Crippen LogP contribution in [0.5, 0.6) is 23.0 Å². The van der Waals surface area contributed by atoms with Gasteiger partial charge < -0.3 is 19.3 Å². The second kappa shape index (κ2) is 12.8. The first-order valence-electron chi connectivity index (χ1n) is 17.2. The van der Waals surface area contributed by atoms with E-state index in [2.05, 4.69) is 98.5 Å². The van der Waals surface area contributed by atoms with Gasteiger partial charge in [-0.05, 0) is 109 Å². The third-order valence-electron chi connectivity index (χ3n) is 9.37. The third kappa shape index (κ3) is 5.57. The number of fused-ring (bicyclic) bond motifs is 4. The maximum absolute atomic E-state index is 6.23. The molecule has 0 radical (unpaired) electrons. The number of hydrogen-bond acceptors (Lipinski definition) is 7. The lowest BCUT2D eigenvalue weighted by Crippen LogP contribution is -2.15. The van der Waals surface area contributed by atoms with Crippen LogP contribution < -0.4 is 19.3 Å². The molecular formula is C45H28BrN5O2. The van der Waals surface area contributed by atoms with Crippen LogP contribution in [-0.4, -0.2) is 15.0 Å².